The monoisotopic (exact) mass is 476 g/mol. The Bertz CT molecular complexity index is 1050. The summed E-state index contributed by atoms with van der Waals surface area (Å²) in [5.41, 5.74) is 1.11. The molecule has 0 aliphatic heterocycles. The van der Waals surface area contributed by atoms with Crippen LogP contribution in [-0.4, -0.2) is 35.0 Å². The molecule has 0 aliphatic rings. The molecule has 2 aromatic carbocycles. The van der Waals surface area contributed by atoms with Gasteiger partial charge < -0.3 is 10.4 Å². The van der Waals surface area contributed by atoms with Crippen molar-refractivity contribution in [2.24, 2.45) is 0 Å². The topological polar surface area (TPSA) is 69.6 Å². The number of thiophene rings is 1. The minimum atomic E-state index is -4.42. The summed E-state index contributed by atoms with van der Waals surface area (Å²) in [6, 6.07) is 15.5. The summed E-state index contributed by atoms with van der Waals surface area (Å²) < 4.78 is 38.2. The number of benzene rings is 2. The fraction of sp³-hybridized carbons (Fsp3) is 0.250. The lowest BCUT2D eigenvalue weighted by atomic mass is 10.1. The SMILES string of the molecule is O=C(O)CN(Cc1ccc(C(=O)NCCc2cccs2)cc1)Cc1ccc(C(F)(F)F)cc1. The van der Waals surface area contributed by atoms with Gasteiger partial charge in [0, 0.05) is 30.1 Å². The molecule has 1 amide bonds. The number of halogens is 3. The van der Waals surface area contributed by atoms with Crippen LogP contribution in [0.15, 0.2) is 66.0 Å². The first kappa shape index (κ1) is 24.5. The zero-order valence-electron chi connectivity index (χ0n) is 17.6. The van der Waals surface area contributed by atoms with Crippen LogP contribution in [0.3, 0.4) is 0 Å². The van der Waals surface area contributed by atoms with Gasteiger partial charge in [0.2, 0.25) is 0 Å². The van der Waals surface area contributed by atoms with E-state index in [-0.39, 0.29) is 25.5 Å². The second-order valence-electron chi connectivity index (χ2n) is 7.52. The summed E-state index contributed by atoms with van der Waals surface area (Å²) in [5, 5.41) is 14.1. The molecule has 33 heavy (non-hydrogen) atoms. The van der Waals surface area contributed by atoms with Gasteiger partial charge in [0.25, 0.3) is 5.91 Å². The molecule has 0 atom stereocenters. The molecule has 0 saturated carbocycles. The molecular weight excluding hydrogens is 453 g/mol. The number of nitrogens with zero attached hydrogens (tertiary/aromatic N) is 1. The number of rotatable bonds is 10. The average molecular weight is 477 g/mol. The van der Waals surface area contributed by atoms with E-state index < -0.39 is 17.7 Å². The first-order chi connectivity index (χ1) is 15.7. The van der Waals surface area contributed by atoms with Crippen molar-refractivity contribution in [3.63, 3.8) is 0 Å². The molecule has 0 saturated heterocycles. The lowest BCUT2D eigenvalue weighted by Crippen LogP contribution is -2.29. The lowest BCUT2D eigenvalue weighted by Gasteiger charge is -2.21. The van der Waals surface area contributed by atoms with E-state index in [2.05, 4.69) is 5.32 Å². The van der Waals surface area contributed by atoms with Gasteiger partial charge in [-0.15, -0.1) is 11.3 Å². The molecule has 3 aromatic rings. The van der Waals surface area contributed by atoms with E-state index in [1.807, 2.05) is 17.5 Å². The van der Waals surface area contributed by atoms with Crippen LogP contribution in [0.25, 0.3) is 0 Å². The fourth-order valence-corrected chi connectivity index (χ4v) is 4.00. The third-order valence-corrected chi connectivity index (χ3v) is 5.84. The van der Waals surface area contributed by atoms with Gasteiger partial charge in [0.15, 0.2) is 0 Å². The molecule has 0 fully saturated rings. The largest absolute Gasteiger partial charge is 0.480 e. The quantitative estimate of drug-likeness (QED) is 0.440. The van der Waals surface area contributed by atoms with E-state index in [1.165, 1.54) is 17.0 Å². The van der Waals surface area contributed by atoms with Crippen LogP contribution in [-0.2, 0) is 30.5 Å². The zero-order chi connectivity index (χ0) is 23.8. The first-order valence-corrected chi connectivity index (χ1v) is 11.1. The minimum Gasteiger partial charge on any atom is -0.480 e. The van der Waals surface area contributed by atoms with Crippen LogP contribution in [0, 0.1) is 0 Å². The molecular formula is C24H23F3N2O3S. The Morgan fingerprint density at radius 2 is 1.55 bits per heavy atom. The van der Waals surface area contributed by atoms with E-state index in [0.29, 0.717) is 17.7 Å². The van der Waals surface area contributed by atoms with Crippen molar-refractivity contribution >= 4 is 23.2 Å². The van der Waals surface area contributed by atoms with Crippen molar-refractivity contribution in [3.05, 3.63) is 93.2 Å². The number of alkyl halides is 3. The minimum absolute atomic E-state index is 0.176. The van der Waals surface area contributed by atoms with Crippen molar-refractivity contribution in [2.45, 2.75) is 25.7 Å². The number of carbonyl (C=O) groups is 2. The number of carboxylic acid groups (broad SMARTS) is 1. The maximum atomic E-state index is 12.7. The molecule has 0 radical (unpaired) electrons. The number of hydrogen-bond acceptors (Lipinski definition) is 4. The molecule has 174 valence electrons. The number of carbonyl (C=O) groups excluding carboxylic acids is 1. The molecule has 1 aromatic heterocycles. The van der Waals surface area contributed by atoms with Crippen LogP contribution in [0.2, 0.25) is 0 Å². The first-order valence-electron chi connectivity index (χ1n) is 10.2. The third kappa shape index (κ3) is 7.73. The normalized spacial score (nSPS) is 11.5. The summed E-state index contributed by atoms with van der Waals surface area (Å²) in [4.78, 5) is 26.4. The van der Waals surface area contributed by atoms with Crippen LogP contribution in [0.1, 0.15) is 31.9 Å². The Hall–Kier alpha value is -3.17. The second-order valence-corrected chi connectivity index (χ2v) is 8.55. The lowest BCUT2D eigenvalue weighted by molar-refractivity contribution is -0.139. The van der Waals surface area contributed by atoms with Crippen molar-refractivity contribution in [1.82, 2.24) is 10.2 Å². The maximum absolute atomic E-state index is 12.7. The Kier molecular flexibility index (Phi) is 8.24. The predicted octanol–water partition coefficient (Wildman–Crippen LogP) is 4.83. The van der Waals surface area contributed by atoms with E-state index in [4.69, 9.17) is 0 Å². The molecule has 0 unspecified atom stereocenters. The van der Waals surface area contributed by atoms with E-state index in [9.17, 15) is 27.9 Å². The van der Waals surface area contributed by atoms with Gasteiger partial charge in [-0.25, -0.2) is 0 Å². The third-order valence-electron chi connectivity index (χ3n) is 4.91. The molecule has 0 spiro atoms. The van der Waals surface area contributed by atoms with Crippen LogP contribution in [0.5, 0.6) is 0 Å². The Morgan fingerprint density at radius 3 is 2.06 bits per heavy atom. The van der Waals surface area contributed by atoms with E-state index in [0.717, 1.165) is 24.1 Å². The molecule has 3 rings (SSSR count). The maximum Gasteiger partial charge on any atom is 0.416 e. The van der Waals surface area contributed by atoms with Crippen LogP contribution >= 0.6 is 11.3 Å². The van der Waals surface area contributed by atoms with Gasteiger partial charge in [-0.2, -0.15) is 13.2 Å². The summed E-state index contributed by atoms with van der Waals surface area (Å²) >= 11 is 1.64. The molecule has 9 heteroatoms. The van der Waals surface area contributed by atoms with Gasteiger partial charge in [-0.1, -0.05) is 30.3 Å². The highest BCUT2D eigenvalue weighted by Gasteiger charge is 2.30. The van der Waals surface area contributed by atoms with Gasteiger partial charge in [0.05, 0.1) is 12.1 Å². The molecule has 5 nitrogen and oxygen atoms in total. The Morgan fingerprint density at radius 1 is 0.939 bits per heavy atom. The van der Waals surface area contributed by atoms with E-state index in [1.54, 1.807) is 40.5 Å². The highest BCUT2D eigenvalue weighted by atomic mass is 32.1. The summed E-state index contributed by atoms with van der Waals surface area (Å²) in [5.74, 6) is -1.23. The molecule has 1 heterocycles. The Labute approximate surface area is 193 Å². The van der Waals surface area contributed by atoms with Crippen molar-refractivity contribution in [3.8, 4) is 0 Å². The molecule has 0 aliphatic carbocycles. The number of amides is 1. The van der Waals surface area contributed by atoms with Gasteiger partial charge in [-0.05, 0) is 53.3 Å². The number of aliphatic carboxylic acids is 1. The van der Waals surface area contributed by atoms with Crippen LogP contribution in [0.4, 0.5) is 13.2 Å². The van der Waals surface area contributed by atoms with Gasteiger partial charge in [0.1, 0.15) is 0 Å². The second kappa shape index (κ2) is 11.1. The number of hydrogen-bond donors (Lipinski definition) is 2. The highest BCUT2D eigenvalue weighted by Crippen LogP contribution is 2.29. The molecule has 2 N–H and O–H groups in total. The Balaban J connectivity index is 1.58. The standard InChI is InChI=1S/C24H23F3N2O3S/c25-24(26,27)20-9-5-18(6-10-20)15-29(16-22(30)31)14-17-3-7-19(8-4-17)23(32)28-12-11-21-2-1-13-33-21/h1-10,13H,11-12,14-16H2,(H,28,32)(H,30,31). The highest BCUT2D eigenvalue weighted by molar-refractivity contribution is 7.09. The van der Waals surface area contributed by atoms with Gasteiger partial charge >= 0.3 is 12.1 Å². The van der Waals surface area contributed by atoms with Gasteiger partial charge in [-0.3, -0.25) is 14.5 Å². The van der Waals surface area contributed by atoms with Crippen molar-refractivity contribution < 1.29 is 27.9 Å². The summed E-state index contributed by atoms with van der Waals surface area (Å²) in [7, 11) is 0. The van der Waals surface area contributed by atoms with Crippen molar-refractivity contribution in [1.29, 1.82) is 0 Å². The fourth-order valence-electron chi connectivity index (χ4n) is 3.29. The average Bonchev–Trinajstić information content (AvgIpc) is 3.27. The van der Waals surface area contributed by atoms with E-state index >= 15 is 0 Å². The smallest absolute Gasteiger partial charge is 0.416 e. The number of carboxylic acids is 1. The summed E-state index contributed by atoms with van der Waals surface area (Å²) in [6.07, 6.45) is -3.66. The predicted molar refractivity (Wildman–Crippen MR) is 120 cm³/mol. The molecule has 0 bridgehead atoms. The van der Waals surface area contributed by atoms with Crippen LogP contribution < -0.4 is 5.32 Å². The zero-order valence-corrected chi connectivity index (χ0v) is 18.5. The van der Waals surface area contributed by atoms with Crippen molar-refractivity contribution in [2.75, 3.05) is 13.1 Å². The number of nitrogens with one attached hydrogen (secondary N) is 1. The summed E-state index contributed by atoms with van der Waals surface area (Å²) in [6.45, 7) is 0.704.